The first-order chi connectivity index (χ1) is 6.38. The molecule has 1 saturated carbocycles. The Hall–Kier alpha value is -0.120. The minimum atomic E-state index is 0.358. The van der Waals surface area contributed by atoms with E-state index in [4.69, 9.17) is 9.84 Å². The lowest BCUT2D eigenvalue weighted by atomic mass is 10.0. The third-order valence-corrected chi connectivity index (χ3v) is 2.70. The fourth-order valence-electron chi connectivity index (χ4n) is 1.63. The Kier molecular flexibility index (Phi) is 5.35. The summed E-state index contributed by atoms with van der Waals surface area (Å²) < 4.78 is 4.92. The average molecular weight is 187 g/mol. The number of rotatable bonds is 8. The molecule has 1 aliphatic rings. The van der Waals surface area contributed by atoms with Crippen LogP contribution in [0.2, 0.25) is 0 Å². The minimum Gasteiger partial charge on any atom is -0.396 e. The van der Waals surface area contributed by atoms with E-state index in [-0.39, 0.29) is 0 Å². The van der Waals surface area contributed by atoms with Crippen molar-refractivity contribution in [2.75, 3.05) is 33.4 Å². The molecule has 0 bridgehead atoms. The van der Waals surface area contributed by atoms with Crippen LogP contribution in [0.15, 0.2) is 0 Å². The zero-order valence-corrected chi connectivity index (χ0v) is 8.46. The van der Waals surface area contributed by atoms with Crippen molar-refractivity contribution < 1.29 is 9.84 Å². The number of methoxy groups -OCH3 is 1. The van der Waals surface area contributed by atoms with E-state index in [1.54, 1.807) is 7.11 Å². The van der Waals surface area contributed by atoms with E-state index in [2.05, 4.69) is 5.32 Å². The van der Waals surface area contributed by atoms with Crippen molar-refractivity contribution in [3.05, 3.63) is 0 Å². The van der Waals surface area contributed by atoms with Gasteiger partial charge >= 0.3 is 0 Å². The number of aliphatic hydroxyl groups is 1. The summed E-state index contributed by atoms with van der Waals surface area (Å²) in [6.07, 6.45) is 3.75. The lowest BCUT2D eigenvalue weighted by Crippen LogP contribution is -2.23. The van der Waals surface area contributed by atoms with Gasteiger partial charge < -0.3 is 15.2 Å². The summed E-state index contributed by atoms with van der Waals surface area (Å²) in [5, 5.41) is 12.4. The predicted octanol–water partition coefficient (Wildman–Crippen LogP) is 0.631. The number of nitrogens with one attached hydrogen (secondary N) is 1. The van der Waals surface area contributed by atoms with Crippen LogP contribution in [-0.2, 0) is 4.74 Å². The molecule has 0 aliphatic heterocycles. The normalized spacial score (nSPS) is 18.9. The molecule has 78 valence electrons. The maximum atomic E-state index is 9.09. The smallest absolute Gasteiger partial charge is 0.0587 e. The molecule has 2 N–H and O–H groups in total. The Morgan fingerprint density at radius 3 is 2.77 bits per heavy atom. The summed E-state index contributed by atoms with van der Waals surface area (Å²) in [6, 6.07) is 0. The van der Waals surface area contributed by atoms with Gasteiger partial charge in [-0.15, -0.1) is 0 Å². The highest BCUT2D eigenvalue weighted by Gasteiger charge is 2.29. The maximum Gasteiger partial charge on any atom is 0.0587 e. The second-order valence-electron chi connectivity index (χ2n) is 3.81. The van der Waals surface area contributed by atoms with Crippen molar-refractivity contribution in [3.63, 3.8) is 0 Å². The minimum absolute atomic E-state index is 0.358. The Labute approximate surface area is 80.5 Å². The first-order valence-corrected chi connectivity index (χ1v) is 5.19. The molecule has 1 rings (SSSR count). The van der Waals surface area contributed by atoms with Crippen LogP contribution < -0.4 is 5.32 Å². The quantitative estimate of drug-likeness (QED) is 0.548. The van der Waals surface area contributed by atoms with Gasteiger partial charge in [0.25, 0.3) is 0 Å². The van der Waals surface area contributed by atoms with Crippen molar-refractivity contribution in [2.45, 2.75) is 19.3 Å². The molecule has 3 nitrogen and oxygen atoms in total. The molecule has 0 spiro atoms. The van der Waals surface area contributed by atoms with Gasteiger partial charge in [-0.1, -0.05) is 0 Å². The summed E-state index contributed by atoms with van der Waals surface area (Å²) in [5.74, 6) is 1.35. The number of hydrogen-bond donors (Lipinski definition) is 2. The molecule has 13 heavy (non-hydrogen) atoms. The molecule has 1 fully saturated rings. The summed E-state index contributed by atoms with van der Waals surface area (Å²) in [6.45, 7) is 3.05. The summed E-state index contributed by atoms with van der Waals surface area (Å²) in [4.78, 5) is 0. The lowest BCUT2D eigenvalue weighted by molar-refractivity contribution is 0.189. The van der Waals surface area contributed by atoms with Crippen molar-refractivity contribution in [3.8, 4) is 0 Å². The van der Waals surface area contributed by atoms with Gasteiger partial charge in [-0.3, -0.25) is 0 Å². The summed E-state index contributed by atoms with van der Waals surface area (Å²) in [5.41, 5.74) is 0. The molecule has 0 radical (unpaired) electrons. The van der Waals surface area contributed by atoms with Gasteiger partial charge in [0.05, 0.1) is 6.61 Å². The summed E-state index contributed by atoms with van der Waals surface area (Å²) in [7, 11) is 1.71. The highest BCUT2D eigenvalue weighted by molar-refractivity contribution is 4.81. The molecule has 1 atom stereocenters. The van der Waals surface area contributed by atoms with Gasteiger partial charge in [0.2, 0.25) is 0 Å². The van der Waals surface area contributed by atoms with E-state index in [0.29, 0.717) is 12.5 Å². The molecule has 1 aliphatic carbocycles. The zero-order valence-electron chi connectivity index (χ0n) is 8.46. The second kappa shape index (κ2) is 6.35. The van der Waals surface area contributed by atoms with E-state index in [1.807, 2.05) is 0 Å². The lowest BCUT2D eigenvalue weighted by Gasteiger charge is -2.12. The molecule has 0 amide bonds. The van der Waals surface area contributed by atoms with E-state index in [9.17, 15) is 0 Å². The molecule has 0 aromatic carbocycles. The summed E-state index contributed by atoms with van der Waals surface area (Å²) >= 11 is 0. The van der Waals surface area contributed by atoms with Gasteiger partial charge in [-0.2, -0.15) is 0 Å². The van der Waals surface area contributed by atoms with Crippen LogP contribution in [0.3, 0.4) is 0 Å². The number of hydrogen-bond acceptors (Lipinski definition) is 3. The highest BCUT2D eigenvalue weighted by Crippen LogP contribution is 2.37. The van der Waals surface area contributed by atoms with E-state index in [1.165, 1.54) is 12.8 Å². The standard InChI is InChI=1S/C10H21NO2/c1-13-7-6-11-5-4-10(8-12)9-2-3-9/h9-12H,2-8H2,1H3. The molecule has 0 aromatic heterocycles. The fourth-order valence-corrected chi connectivity index (χ4v) is 1.63. The monoisotopic (exact) mass is 187 g/mol. The molecule has 0 saturated heterocycles. The van der Waals surface area contributed by atoms with Crippen molar-refractivity contribution >= 4 is 0 Å². The first kappa shape index (κ1) is 11.0. The molecular formula is C10H21NO2. The van der Waals surface area contributed by atoms with Gasteiger partial charge in [0.15, 0.2) is 0 Å². The third-order valence-electron chi connectivity index (χ3n) is 2.70. The largest absolute Gasteiger partial charge is 0.396 e. The van der Waals surface area contributed by atoms with E-state index >= 15 is 0 Å². The van der Waals surface area contributed by atoms with Crippen LogP contribution in [0.1, 0.15) is 19.3 Å². The Morgan fingerprint density at radius 1 is 1.46 bits per heavy atom. The zero-order chi connectivity index (χ0) is 9.52. The molecular weight excluding hydrogens is 166 g/mol. The van der Waals surface area contributed by atoms with Gasteiger partial charge in [0, 0.05) is 20.3 Å². The van der Waals surface area contributed by atoms with Crippen molar-refractivity contribution in [1.29, 1.82) is 0 Å². The van der Waals surface area contributed by atoms with E-state index in [0.717, 1.165) is 32.0 Å². The van der Waals surface area contributed by atoms with Gasteiger partial charge in [-0.25, -0.2) is 0 Å². The molecule has 0 heterocycles. The van der Waals surface area contributed by atoms with Gasteiger partial charge in [0.1, 0.15) is 0 Å². The molecule has 1 unspecified atom stereocenters. The molecule has 0 aromatic rings. The fraction of sp³-hybridized carbons (Fsp3) is 1.00. The Balaban J connectivity index is 1.90. The highest BCUT2D eigenvalue weighted by atomic mass is 16.5. The van der Waals surface area contributed by atoms with Crippen molar-refractivity contribution in [1.82, 2.24) is 5.32 Å². The molecule has 3 heteroatoms. The topological polar surface area (TPSA) is 41.5 Å². The maximum absolute atomic E-state index is 9.09. The van der Waals surface area contributed by atoms with Crippen molar-refractivity contribution in [2.24, 2.45) is 11.8 Å². The van der Waals surface area contributed by atoms with Gasteiger partial charge in [-0.05, 0) is 37.6 Å². The van der Waals surface area contributed by atoms with Crippen LogP contribution in [0, 0.1) is 11.8 Å². The average Bonchev–Trinajstić information content (AvgIpc) is 2.95. The third kappa shape index (κ3) is 4.60. The second-order valence-corrected chi connectivity index (χ2v) is 3.81. The number of aliphatic hydroxyl groups excluding tert-OH is 1. The van der Waals surface area contributed by atoms with E-state index < -0.39 is 0 Å². The first-order valence-electron chi connectivity index (χ1n) is 5.19. The predicted molar refractivity (Wildman–Crippen MR) is 52.7 cm³/mol. The van der Waals surface area contributed by atoms with Crippen LogP contribution in [0.25, 0.3) is 0 Å². The van der Waals surface area contributed by atoms with Crippen LogP contribution in [0.5, 0.6) is 0 Å². The Bertz CT molecular complexity index is 126. The van der Waals surface area contributed by atoms with Crippen LogP contribution >= 0.6 is 0 Å². The Morgan fingerprint density at radius 2 is 2.23 bits per heavy atom. The SMILES string of the molecule is COCCNCCC(CO)C1CC1. The van der Waals surface area contributed by atoms with Crippen LogP contribution in [0.4, 0.5) is 0 Å². The number of ether oxygens (including phenoxy) is 1. The van der Waals surface area contributed by atoms with Crippen LogP contribution in [-0.4, -0.2) is 38.5 Å².